The fraction of sp³-hybridized carbons (Fsp3) is 0.250. The number of aromatic hydroxyl groups is 1. The molecule has 0 saturated carbocycles. The average molecular weight is 290 g/mol. The van der Waals surface area contributed by atoms with Crippen LogP contribution in [0, 0.1) is 0 Å². The number of ether oxygens (including phenoxy) is 1. The van der Waals surface area contributed by atoms with Crippen molar-refractivity contribution in [2.24, 2.45) is 0 Å². The zero-order valence-electron chi connectivity index (χ0n) is 11.2. The van der Waals surface area contributed by atoms with Crippen LogP contribution in [0.25, 0.3) is 0 Å². The average Bonchev–Trinajstić information content (AvgIpc) is 2.85. The minimum Gasteiger partial charge on any atom is -0.506 e. The Morgan fingerprint density at radius 2 is 2.10 bits per heavy atom. The van der Waals surface area contributed by atoms with Gasteiger partial charge in [-0.25, -0.2) is 0 Å². The molecule has 0 spiro atoms. The largest absolute Gasteiger partial charge is 0.506 e. The van der Waals surface area contributed by atoms with Crippen molar-refractivity contribution in [2.75, 3.05) is 12.4 Å². The molecule has 2 N–H and O–H groups in total. The predicted molar refractivity (Wildman–Crippen MR) is 80.8 cm³/mol. The fourth-order valence-corrected chi connectivity index (χ4v) is 2.84. The second kappa shape index (κ2) is 5.25. The van der Waals surface area contributed by atoms with Crippen molar-refractivity contribution >= 4 is 17.3 Å². The van der Waals surface area contributed by atoms with Crippen molar-refractivity contribution in [3.05, 3.63) is 52.5 Å². The molecule has 3 rings (SSSR count). The smallest absolute Gasteiger partial charge is 0.134 e. The number of anilines is 1. The van der Waals surface area contributed by atoms with Crippen LogP contribution >= 0.6 is 11.6 Å². The molecular formula is C16H16ClNO2. The van der Waals surface area contributed by atoms with E-state index >= 15 is 0 Å². The van der Waals surface area contributed by atoms with Gasteiger partial charge in [0.1, 0.15) is 11.5 Å². The Hall–Kier alpha value is -1.87. The molecule has 0 aliphatic heterocycles. The van der Waals surface area contributed by atoms with Crippen LogP contribution < -0.4 is 10.1 Å². The second-order valence-corrected chi connectivity index (χ2v) is 5.37. The van der Waals surface area contributed by atoms with Gasteiger partial charge in [-0.1, -0.05) is 17.7 Å². The first-order valence-corrected chi connectivity index (χ1v) is 6.97. The van der Waals surface area contributed by atoms with Crippen LogP contribution in [0.2, 0.25) is 5.02 Å². The van der Waals surface area contributed by atoms with Gasteiger partial charge in [-0.05, 0) is 54.3 Å². The zero-order chi connectivity index (χ0) is 14.1. The molecule has 1 aliphatic rings. The van der Waals surface area contributed by atoms with Gasteiger partial charge in [0.05, 0.1) is 18.2 Å². The number of hydrogen-bond acceptors (Lipinski definition) is 3. The molecule has 4 heteroatoms. The maximum atomic E-state index is 9.45. The Kier molecular flexibility index (Phi) is 3.45. The summed E-state index contributed by atoms with van der Waals surface area (Å²) in [6.45, 7) is 0. The molecule has 2 aromatic rings. The lowest BCUT2D eigenvalue weighted by atomic mass is 10.1. The summed E-state index contributed by atoms with van der Waals surface area (Å²) in [6.07, 6.45) is 2.10. The number of halogens is 1. The van der Waals surface area contributed by atoms with Crippen molar-refractivity contribution in [1.82, 2.24) is 0 Å². The highest BCUT2D eigenvalue weighted by atomic mass is 35.5. The van der Waals surface area contributed by atoms with Gasteiger partial charge in [0, 0.05) is 5.69 Å². The van der Waals surface area contributed by atoms with Crippen LogP contribution in [0.3, 0.4) is 0 Å². The fourth-order valence-electron chi connectivity index (χ4n) is 2.66. The lowest BCUT2D eigenvalue weighted by Gasteiger charge is -2.16. The zero-order valence-corrected chi connectivity index (χ0v) is 11.9. The van der Waals surface area contributed by atoms with Crippen molar-refractivity contribution in [2.45, 2.75) is 18.9 Å². The third kappa shape index (κ3) is 2.41. The first-order chi connectivity index (χ1) is 9.67. The van der Waals surface area contributed by atoms with Crippen LogP contribution in [-0.2, 0) is 6.42 Å². The lowest BCUT2D eigenvalue weighted by Crippen LogP contribution is -2.07. The van der Waals surface area contributed by atoms with Gasteiger partial charge in [0.15, 0.2) is 0 Å². The standard InChI is InChI=1S/C16H16ClNO2/c1-20-12-5-2-10-3-6-15(13(10)9-12)18-11-4-7-16(19)14(17)8-11/h2,4-5,7-9,15,18-19H,3,6H2,1H3. The van der Waals surface area contributed by atoms with E-state index in [-0.39, 0.29) is 11.8 Å². The third-order valence-corrected chi connectivity index (χ3v) is 4.02. The van der Waals surface area contributed by atoms with Gasteiger partial charge in [0.2, 0.25) is 0 Å². The summed E-state index contributed by atoms with van der Waals surface area (Å²) in [5.74, 6) is 0.979. The second-order valence-electron chi connectivity index (χ2n) is 4.97. The van der Waals surface area contributed by atoms with E-state index in [9.17, 15) is 5.11 Å². The highest BCUT2D eigenvalue weighted by Crippen LogP contribution is 2.37. The minimum atomic E-state index is 0.103. The molecule has 1 unspecified atom stereocenters. The number of methoxy groups -OCH3 is 1. The molecule has 0 fully saturated rings. The number of hydrogen-bond donors (Lipinski definition) is 2. The first-order valence-electron chi connectivity index (χ1n) is 6.59. The van der Waals surface area contributed by atoms with Gasteiger partial charge in [-0.15, -0.1) is 0 Å². The van der Waals surface area contributed by atoms with Crippen molar-refractivity contribution < 1.29 is 9.84 Å². The molecule has 0 heterocycles. The van der Waals surface area contributed by atoms with Gasteiger partial charge in [0.25, 0.3) is 0 Å². The Balaban J connectivity index is 1.85. The van der Waals surface area contributed by atoms with Gasteiger partial charge < -0.3 is 15.2 Å². The van der Waals surface area contributed by atoms with Gasteiger partial charge in [-0.2, -0.15) is 0 Å². The summed E-state index contributed by atoms with van der Waals surface area (Å²) in [4.78, 5) is 0. The molecule has 104 valence electrons. The normalized spacial score (nSPS) is 16.8. The molecule has 0 radical (unpaired) electrons. The number of phenols is 1. The summed E-state index contributed by atoms with van der Waals surface area (Å²) < 4.78 is 5.29. The lowest BCUT2D eigenvalue weighted by molar-refractivity contribution is 0.414. The third-order valence-electron chi connectivity index (χ3n) is 3.72. The van der Waals surface area contributed by atoms with Gasteiger partial charge >= 0.3 is 0 Å². The van der Waals surface area contributed by atoms with Crippen LogP contribution in [-0.4, -0.2) is 12.2 Å². The Labute approximate surface area is 123 Å². The summed E-state index contributed by atoms with van der Waals surface area (Å²) in [5, 5.41) is 13.3. The molecule has 0 amide bonds. The molecule has 1 atom stereocenters. The van der Waals surface area contributed by atoms with Crippen molar-refractivity contribution in [3.63, 3.8) is 0 Å². The Morgan fingerprint density at radius 1 is 1.25 bits per heavy atom. The Morgan fingerprint density at radius 3 is 2.85 bits per heavy atom. The monoisotopic (exact) mass is 289 g/mol. The number of rotatable bonds is 3. The quantitative estimate of drug-likeness (QED) is 0.834. The SMILES string of the molecule is COc1ccc2c(c1)C(Nc1ccc(O)c(Cl)c1)CC2. The molecule has 2 aromatic carbocycles. The van der Waals surface area contributed by atoms with E-state index in [1.165, 1.54) is 11.1 Å². The summed E-state index contributed by atoms with van der Waals surface area (Å²) in [7, 11) is 1.68. The molecule has 20 heavy (non-hydrogen) atoms. The number of aryl methyl sites for hydroxylation is 1. The number of benzene rings is 2. The molecule has 0 aromatic heterocycles. The van der Waals surface area contributed by atoms with Gasteiger partial charge in [-0.3, -0.25) is 0 Å². The van der Waals surface area contributed by atoms with Crippen LogP contribution in [0.1, 0.15) is 23.6 Å². The molecule has 3 nitrogen and oxygen atoms in total. The highest BCUT2D eigenvalue weighted by Gasteiger charge is 2.23. The van der Waals surface area contributed by atoms with E-state index in [0.29, 0.717) is 5.02 Å². The summed E-state index contributed by atoms with van der Waals surface area (Å²) in [5.41, 5.74) is 3.54. The number of nitrogens with one attached hydrogen (secondary N) is 1. The summed E-state index contributed by atoms with van der Waals surface area (Å²) >= 11 is 5.94. The van der Waals surface area contributed by atoms with E-state index < -0.39 is 0 Å². The summed E-state index contributed by atoms with van der Waals surface area (Å²) in [6, 6.07) is 11.6. The van der Waals surface area contributed by atoms with E-state index in [2.05, 4.69) is 17.4 Å². The van der Waals surface area contributed by atoms with Crippen molar-refractivity contribution in [1.29, 1.82) is 0 Å². The van der Waals surface area contributed by atoms with Crippen molar-refractivity contribution in [3.8, 4) is 11.5 Å². The molecule has 0 bridgehead atoms. The molecule has 1 aliphatic carbocycles. The van der Waals surface area contributed by atoms with Crippen LogP contribution in [0.5, 0.6) is 11.5 Å². The number of fused-ring (bicyclic) bond motifs is 1. The van der Waals surface area contributed by atoms with E-state index in [0.717, 1.165) is 24.3 Å². The number of phenolic OH excluding ortho intramolecular Hbond substituents is 1. The van der Waals surface area contributed by atoms with E-state index in [1.807, 2.05) is 12.1 Å². The van der Waals surface area contributed by atoms with E-state index in [4.69, 9.17) is 16.3 Å². The minimum absolute atomic E-state index is 0.103. The van der Waals surface area contributed by atoms with E-state index in [1.54, 1.807) is 19.2 Å². The maximum Gasteiger partial charge on any atom is 0.134 e. The van der Waals surface area contributed by atoms with Crippen LogP contribution in [0.15, 0.2) is 36.4 Å². The first kappa shape index (κ1) is 13.1. The maximum absolute atomic E-state index is 9.45. The topological polar surface area (TPSA) is 41.5 Å². The molecule has 0 saturated heterocycles. The Bertz CT molecular complexity index is 642. The highest BCUT2D eigenvalue weighted by molar-refractivity contribution is 6.32. The molecular weight excluding hydrogens is 274 g/mol. The predicted octanol–water partition coefficient (Wildman–Crippen LogP) is 4.15. The van der Waals surface area contributed by atoms with Crippen LogP contribution in [0.4, 0.5) is 5.69 Å².